The molecule has 0 fully saturated rings. The lowest BCUT2D eigenvalue weighted by Crippen LogP contribution is -2.48. The number of fused-ring (bicyclic) bond motifs is 1. The minimum Gasteiger partial charge on any atom is -0.490 e. The summed E-state index contributed by atoms with van der Waals surface area (Å²) >= 11 is 0. The number of hydrogen-bond acceptors (Lipinski definition) is 7. The third kappa shape index (κ3) is 7.96. The average Bonchev–Trinajstić information content (AvgIpc) is 2.94. The van der Waals surface area contributed by atoms with Gasteiger partial charge in [-0.25, -0.2) is 8.42 Å². The zero-order valence-electron chi connectivity index (χ0n) is 24.6. The fourth-order valence-corrected chi connectivity index (χ4v) is 5.98. The molecule has 222 valence electrons. The molecule has 1 aliphatic heterocycles. The zero-order valence-corrected chi connectivity index (χ0v) is 25.4. The molecule has 4 atom stereocenters. The van der Waals surface area contributed by atoms with E-state index in [1.165, 1.54) is 4.31 Å². The van der Waals surface area contributed by atoms with Crippen LogP contribution in [0.25, 0.3) is 0 Å². The molecule has 1 amide bonds. The highest BCUT2D eigenvalue weighted by atomic mass is 32.2. The van der Waals surface area contributed by atoms with E-state index < -0.39 is 22.2 Å². The van der Waals surface area contributed by atoms with Gasteiger partial charge in [-0.1, -0.05) is 25.1 Å². The van der Waals surface area contributed by atoms with Crippen LogP contribution in [0.1, 0.15) is 50.4 Å². The van der Waals surface area contributed by atoms with Crippen molar-refractivity contribution in [3.05, 3.63) is 54.1 Å². The van der Waals surface area contributed by atoms with Crippen molar-refractivity contribution < 1.29 is 27.8 Å². The SMILES string of the molecule is C[C@H]1CCCCO[C@@H](CN(C)S(=O)(=O)c2ccccc2)[C@@H](C)CN([C@@H](C)CO)C(=O)c2cc(N(C)C)ccc2O1. The van der Waals surface area contributed by atoms with Gasteiger partial charge in [-0.3, -0.25) is 4.79 Å². The van der Waals surface area contributed by atoms with E-state index in [4.69, 9.17) is 9.47 Å². The second kappa shape index (κ2) is 14.3. The van der Waals surface area contributed by atoms with Crippen LogP contribution in [0, 0.1) is 5.92 Å². The van der Waals surface area contributed by atoms with Crippen molar-refractivity contribution in [3.63, 3.8) is 0 Å². The molecule has 9 nitrogen and oxygen atoms in total. The molecule has 0 unspecified atom stereocenters. The van der Waals surface area contributed by atoms with Crippen LogP contribution < -0.4 is 9.64 Å². The van der Waals surface area contributed by atoms with Crippen LogP contribution in [0.15, 0.2) is 53.4 Å². The Bertz CT molecular complexity index is 1210. The number of rotatable bonds is 7. The highest BCUT2D eigenvalue weighted by Crippen LogP contribution is 2.29. The van der Waals surface area contributed by atoms with Crippen molar-refractivity contribution in [2.24, 2.45) is 5.92 Å². The summed E-state index contributed by atoms with van der Waals surface area (Å²) in [5.74, 6) is 0.0412. The van der Waals surface area contributed by atoms with Crippen LogP contribution in [-0.4, -0.2) is 94.3 Å². The van der Waals surface area contributed by atoms with Gasteiger partial charge in [0.25, 0.3) is 5.91 Å². The van der Waals surface area contributed by atoms with E-state index in [9.17, 15) is 18.3 Å². The van der Waals surface area contributed by atoms with Crippen molar-refractivity contribution >= 4 is 21.6 Å². The van der Waals surface area contributed by atoms with Crippen molar-refractivity contribution in [2.75, 3.05) is 52.3 Å². The van der Waals surface area contributed by atoms with E-state index >= 15 is 0 Å². The van der Waals surface area contributed by atoms with Gasteiger partial charge in [0.05, 0.1) is 35.3 Å². The lowest BCUT2D eigenvalue weighted by Gasteiger charge is -2.35. The predicted octanol–water partition coefficient (Wildman–Crippen LogP) is 3.87. The predicted molar refractivity (Wildman–Crippen MR) is 157 cm³/mol. The first-order valence-electron chi connectivity index (χ1n) is 14.0. The molecule has 0 saturated carbocycles. The molecule has 1 heterocycles. The Hall–Kier alpha value is -2.66. The first-order chi connectivity index (χ1) is 18.9. The van der Waals surface area contributed by atoms with Gasteiger partial charge in [0.2, 0.25) is 10.0 Å². The summed E-state index contributed by atoms with van der Waals surface area (Å²) in [6.07, 6.45) is 1.88. The molecule has 1 N–H and O–H groups in total. The average molecular weight is 576 g/mol. The summed E-state index contributed by atoms with van der Waals surface area (Å²) in [6, 6.07) is 13.5. The maximum atomic E-state index is 14.1. The molecule has 0 aliphatic carbocycles. The van der Waals surface area contributed by atoms with Crippen molar-refractivity contribution in [1.82, 2.24) is 9.21 Å². The number of ether oxygens (including phenoxy) is 2. The molecular weight excluding hydrogens is 530 g/mol. The molecule has 40 heavy (non-hydrogen) atoms. The number of aliphatic hydroxyl groups excluding tert-OH is 1. The van der Waals surface area contributed by atoms with Gasteiger partial charge in [-0.15, -0.1) is 0 Å². The number of likely N-dealkylation sites (N-methyl/N-ethyl adjacent to an activating group) is 1. The highest BCUT2D eigenvalue weighted by molar-refractivity contribution is 7.89. The molecule has 2 aromatic rings. The number of sulfonamides is 1. The van der Waals surface area contributed by atoms with E-state index in [0.717, 1.165) is 24.9 Å². The Balaban J connectivity index is 1.96. The van der Waals surface area contributed by atoms with E-state index in [2.05, 4.69) is 0 Å². The number of nitrogens with zero attached hydrogens (tertiary/aromatic N) is 3. The van der Waals surface area contributed by atoms with E-state index in [0.29, 0.717) is 17.9 Å². The normalized spacial score (nSPS) is 22.2. The van der Waals surface area contributed by atoms with Crippen molar-refractivity contribution in [2.45, 2.75) is 63.2 Å². The summed E-state index contributed by atoms with van der Waals surface area (Å²) in [7, 11) is 1.67. The standard InChI is InChI=1S/C30H45N3O6S/c1-22-19-33(23(2)21-34)30(35)27-18-25(31(4)5)15-16-28(27)39-24(3)12-10-11-17-38-29(22)20-32(6)40(36,37)26-13-8-7-9-14-26/h7-9,13-16,18,22-24,29,34H,10-12,17,19-21H2,1-6H3/t22-,23-,24-,29-/m0/s1. The Labute approximate surface area is 239 Å². The monoisotopic (exact) mass is 575 g/mol. The highest BCUT2D eigenvalue weighted by Gasteiger charge is 2.32. The fraction of sp³-hybridized carbons (Fsp3) is 0.567. The molecular formula is C30H45N3O6S. The van der Waals surface area contributed by atoms with Gasteiger partial charge < -0.3 is 24.4 Å². The summed E-state index contributed by atoms with van der Waals surface area (Å²) in [5, 5.41) is 10.1. The summed E-state index contributed by atoms with van der Waals surface area (Å²) in [5.41, 5.74) is 1.30. The Morgan fingerprint density at radius 1 is 1.07 bits per heavy atom. The number of anilines is 1. The van der Waals surface area contributed by atoms with Gasteiger partial charge >= 0.3 is 0 Å². The number of aliphatic hydroxyl groups is 1. The van der Waals surface area contributed by atoms with Crippen LogP contribution in [0.5, 0.6) is 5.75 Å². The number of carbonyl (C=O) groups is 1. The Morgan fingerprint density at radius 2 is 1.77 bits per heavy atom. The Morgan fingerprint density at radius 3 is 2.42 bits per heavy atom. The van der Waals surface area contributed by atoms with Gasteiger partial charge in [0.15, 0.2) is 0 Å². The van der Waals surface area contributed by atoms with Crippen molar-refractivity contribution in [3.8, 4) is 5.75 Å². The summed E-state index contributed by atoms with van der Waals surface area (Å²) in [6.45, 7) is 6.40. The molecule has 0 radical (unpaired) electrons. The fourth-order valence-electron chi connectivity index (χ4n) is 4.78. The quantitative estimate of drug-likeness (QED) is 0.535. The van der Waals surface area contributed by atoms with E-state index in [-0.39, 0.29) is 42.5 Å². The van der Waals surface area contributed by atoms with E-state index in [1.807, 2.05) is 51.0 Å². The van der Waals surface area contributed by atoms with Crippen LogP contribution in [0.2, 0.25) is 0 Å². The lowest BCUT2D eigenvalue weighted by molar-refractivity contribution is -0.00833. The number of carbonyl (C=O) groups excluding carboxylic acids is 1. The number of benzene rings is 2. The second-order valence-electron chi connectivity index (χ2n) is 11.0. The van der Waals surface area contributed by atoms with Crippen molar-refractivity contribution in [1.29, 1.82) is 0 Å². The van der Waals surface area contributed by atoms with Gasteiger partial charge in [-0.05, 0) is 63.4 Å². The minimum absolute atomic E-state index is 0.111. The first kappa shape index (κ1) is 31.9. The van der Waals surface area contributed by atoms with Gasteiger partial charge in [0.1, 0.15) is 5.75 Å². The third-order valence-electron chi connectivity index (χ3n) is 7.44. The topological polar surface area (TPSA) is 99.6 Å². The molecule has 0 aromatic heterocycles. The van der Waals surface area contributed by atoms with Crippen LogP contribution in [0.4, 0.5) is 5.69 Å². The van der Waals surface area contributed by atoms with Crippen LogP contribution in [-0.2, 0) is 14.8 Å². The first-order valence-corrected chi connectivity index (χ1v) is 15.4. The number of amides is 1. The summed E-state index contributed by atoms with van der Waals surface area (Å²) in [4.78, 5) is 17.9. The lowest BCUT2D eigenvalue weighted by atomic mass is 10.0. The molecule has 1 aliphatic rings. The van der Waals surface area contributed by atoms with Crippen LogP contribution >= 0.6 is 0 Å². The smallest absolute Gasteiger partial charge is 0.258 e. The maximum Gasteiger partial charge on any atom is 0.258 e. The summed E-state index contributed by atoms with van der Waals surface area (Å²) < 4.78 is 40.4. The molecule has 0 bridgehead atoms. The largest absolute Gasteiger partial charge is 0.490 e. The second-order valence-corrected chi connectivity index (χ2v) is 13.0. The molecule has 10 heteroatoms. The minimum atomic E-state index is -3.72. The van der Waals surface area contributed by atoms with Gasteiger partial charge in [-0.2, -0.15) is 4.31 Å². The van der Waals surface area contributed by atoms with Gasteiger partial charge in [0, 0.05) is 52.4 Å². The number of hydrogen-bond donors (Lipinski definition) is 1. The third-order valence-corrected chi connectivity index (χ3v) is 9.28. The molecule has 0 saturated heterocycles. The Kier molecular flexibility index (Phi) is 11.4. The van der Waals surface area contributed by atoms with Crippen LogP contribution in [0.3, 0.4) is 0 Å². The zero-order chi connectivity index (χ0) is 29.4. The maximum absolute atomic E-state index is 14.1. The molecule has 3 rings (SSSR count). The molecule has 0 spiro atoms. The van der Waals surface area contributed by atoms with E-state index in [1.54, 1.807) is 49.2 Å². The molecule has 2 aromatic carbocycles.